The van der Waals surface area contributed by atoms with Crippen LogP contribution in [0, 0.1) is 20.8 Å². The molecule has 0 unspecified atom stereocenters. The van der Waals surface area contributed by atoms with Crippen LogP contribution in [0.2, 0.25) is 0 Å². The van der Waals surface area contributed by atoms with Crippen molar-refractivity contribution in [2.24, 2.45) is 5.92 Å². The number of piperidine rings is 1. The number of pyridine rings is 1. The van der Waals surface area contributed by atoms with Crippen molar-refractivity contribution in [1.29, 1.82) is 5.26 Å². The van der Waals surface area contributed by atoms with Crippen LogP contribution in [0.25, 0.3) is 10.9 Å². The highest BCUT2D eigenvalue weighted by Crippen LogP contribution is 2.32. The number of halogens is 3. The van der Waals surface area contributed by atoms with E-state index in [1.54, 1.807) is 55.7 Å². The largest absolute Gasteiger partial charge is 0.494 e. The molecule has 3 atom stereocenters. The van der Waals surface area contributed by atoms with Gasteiger partial charge in [-0.2, -0.15) is 17.0 Å². The number of thioether (sulfide) groups is 1. The number of ether oxygens (including phenoxy) is 1. The van der Waals surface area contributed by atoms with Crippen molar-refractivity contribution >= 4 is 98.6 Å². The molecule has 3 aliphatic rings. The molecule has 0 aliphatic carbocycles. The van der Waals surface area contributed by atoms with E-state index in [9.17, 15) is 72.5 Å². The van der Waals surface area contributed by atoms with Gasteiger partial charge in [-0.15, -0.1) is 0 Å². The predicted molar refractivity (Wildman–Crippen MR) is 329 cm³/mol. The highest BCUT2D eigenvalue weighted by atomic mass is 127. The molecule has 88 heavy (non-hydrogen) atoms. The van der Waals surface area contributed by atoms with Crippen molar-refractivity contribution in [3.8, 4) is 11.8 Å². The Kier molecular flexibility index (Phi) is 28.2. The van der Waals surface area contributed by atoms with Crippen LogP contribution in [0.5, 0.6) is 5.75 Å². The monoisotopic (exact) mass is 1360 g/mol. The second-order valence-corrected chi connectivity index (χ2v) is 24.6. The van der Waals surface area contributed by atoms with Crippen LogP contribution < -0.4 is 26.0 Å². The molecule has 6 rings (SSSR count). The standard InChI is InChI=1S/C59H79F2IN12O13S/c1-40(58(86)73-18-14-42(15-19-73)5-3-28-87-45-11-12-48-47(30-45)46(13-16-64-48)56(84)66-33-52(77)74-39-59(60,61)31-44(74)32-63)67-57(85)49(38-88-29-17-65-50(75)6-2-4-41-7-9-43(62)10-8-41)68-51(76)34-69-20-22-70(35-53(78)79)24-26-72(37-55(82)83)27-25-71(23-21-69)36-54(80)81/h7-13,16,30,40,42,44,49H,2-6,14-15,17-29,31,33-39H2,1H3,(H,65,75)(H,66,84)(H,67,85)(H,68,76)(H,78,79)(H,80,81)(H,82,83)/t40-,44+,49-/m0/s1. The smallest absolute Gasteiger partial charge is 0.317 e. The fraction of sp³-hybridized carbons (Fsp3) is 0.576. The molecule has 3 aromatic rings. The molecular formula is C59H79F2IN12O13S. The maximum Gasteiger partial charge on any atom is 0.317 e. The molecule has 6 amide bonds. The molecule has 0 radical (unpaired) electrons. The van der Waals surface area contributed by atoms with E-state index in [0.29, 0.717) is 80.8 Å². The van der Waals surface area contributed by atoms with Crippen molar-refractivity contribution in [2.45, 2.75) is 82.3 Å². The van der Waals surface area contributed by atoms with Gasteiger partial charge in [0.15, 0.2) is 0 Å². The van der Waals surface area contributed by atoms with Crippen LogP contribution in [-0.2, 0) is 44.8 Å². The van der Waals surface area contributed by atoms with Gasteiger partial charge in [0.05, 0.1) is 63.0 Å². The Balaban J connectivity index is 1.000. The summed E-state index contributed by atoms with van der Waals surface area (Å²) in [4.78, 5) is 130. The van der Waals surface area contributed by atoms with Gasteiger partial charge in [0.25, 0.3) is 11.8 Å². The number of alkyl halides is 2. The number of hydrogen-bond donors (Lipinski definition) is 7. The topological polar surface area (TPSA) is 328 Å². The fourth-order valence-corrected chi connectivity index (χ4v) is 11.9. The molecule has 3 saturated heterocycles. The van der Waals surface area contributed by atoms with Crippen LogP contribution in [0.4, 0.5) is 8.78 Å². The Labute approximate surface area is 527 Å². The number of carboxylic acids is 3. The first-order chi connectivity index (χ1) is 42.0. The third-order valence-corrected chi connectivity index (χ3v) is 17.2. The molecule has 0 saturated carbocycles. The lowest BCUT2D eigenvalue weighted by Crippen LogP contribution is -2.56. The first-order valence-corrected chi connectivity index (χ1v) is 31.7. The number of nitrogens with zero attached hydrogens (tertiary/aromatic N) is 8. The maximum absolute atomic E-state index is 14.1. The van der Waals surface area contributed by atoms with Crippen LogP contribution >= 0.6 is 34.4 Å². The van der Waals surface area contributed by atoms with E-state index in [4.69, 9.17) is 4.74 Å². The molecule has 2 aromatic carbocycles. The molecule has 0 spiro atoms. The number of aromatic nitrogens is 1. The number of carbonyl (C=O) groups excluding carboxylic acids is 6. The van der Waals surface area contributed by atoms with Gasteiger partial charge in [0.1, 0.15) is 23.9 Å². The summed E-state index contributed by atoms with van der Waals surface area (Å²) in [7, 11) is 0. The third kappa shape index (κ3) is 23.9. The van der Waals surface area contributed by atoms with Gasteiger partial charge in [0, 0.05) is 111 Å². The highest BCUT2D eigenvalue weighted by Gasteiger charge is 2.47. The Morgan fingerprint density at radius 3 is 1.98 bits per heavy atom. The van der Waals surface area contributed by atoms with E-state index in [2.05, 4.69) is 48.8 Å². The van der Waals surface area contributed by atoms with Crippen molar-refractivity contribution < 1.29 is 72.0 Å². The molecule has 3 fully saturated rings. The summed E-state index contributed by atoms with van der Waals surface area (Å²) in [5.74, 6) is -8.22. The van der Waals surface area contributed by atoms with Gasteiger partial charge in [-0.1, -0.05) is 12.1 Å². The molecule has 1 aromatic heterocycles. The summed E-state index contributed by atoms with van der Waals surface area (Å²) in [6, 6.07) is 13.0. The Bertz CT molecular complexity index is 2910. The number of carbonyl (C=O) groups is 9. The highest BCUT2D eigenvalue weighted by molar-refractivity contribution is 14.1. The summed E-state index contributed by atoms with van der Waals surface area (Å²) >= 11 is 3.56. The lowest BCUT2D eigenvalue weighted by molar-refractivity contribution is -0.140. The number of nitrogens with one attached hydrogen (secondary N) is 4. The second-order valence-electron chi connectivity index (χ2n) is 22.2. The average Bonchev–Trinajstić information content (AvgIpc) is 3.18. The SMILES string of the molecule is C[C@H](NC(=O)[C@H](CSCCNC(=O)CCCc1ccc(I)cc1)NC(=O)CN1CCN(CC(=O)O)CCN(CC(=O)O)CCN(CC(=O)O)CC1)C(=O)N1CCC(CCCOc2ccc3nccc(C(=O)NCC(=O)N4CC(F)(F)C[C@@H]4C#N)c3c2)CC1. The number of amides is 6. The zero-order valence-corrected chi connectivity index (χ0v) is 52.3. The molecule has 3 aliphatic heterocycles. The summed E-state index contributed by atoms with van der Waals surface area (Å²) in [6.45, 7) is 1.89. The van der Waals surface area contributed by atoms with Crippen molar-refractivity contribution in [2.75, 3.05) is 129 Å². The number of nitriles is 1. The van der Waals surface area contributed by atoms with E-state index < -0.39 is 85.1 Å². The number of likely N-dealkylation sites (tertiary alicyclic amines) is 2. The van der Waals surface area contributed by atoms with Crippen LogP contribution in [-0.4, -0.2) is 256 Å². The van der Waals surface area contributed by atoms with Gasteiger partial charge < -0.3 is 51.1 Å². The van der Waals surface area contributed by atoms with Crippen LogP contribution in [0.1, 0.15) is 67.8 Å². The number of hydrogen-bond acceptors (Lipinski definition) is 17. The van der Waals surface area contributed by atoms with Crippen molar-refractivity contribution in [3.63, 3.8) is 0 Å². The number of aryl methyl sites for hydroxylation is 1. The zero-order chi connectivity index (χ0) is 63.8. The Hall–Kier alpha value is -6.85. The Morgan fingerprint density at radius 1 is 0.784 bits per heavy atom. The molecule has 0 bridgehead atoms. The zero-order valence-electron chi connectivity index (χ0n) is 49.3. The van der Waals surface area contributed by atoms with Crippen molar-refractivity contribution in [1.82, 2.24) is 55.7 Å². The number of benzene rings is 2. The van der Waals surface area contributed by atoms with E-state index in [0.717, 1.165) is 26.9 Å². The fourth-order valence-electron chi connectivity index (χ4n) is 10.7. The lowest BCUT2D eigenvalue weighted by Gasteiger charge is -2.34. The minimum atomic E-state index is -3.19. The molecule has 7 N–H and O–H groups in total. The minimum absolute atomic E-state index is 0.0847. The summed E-state index contributed by atoms with van der Waals surface area (Å²) in [5.41, 5.74) is 1.81. The van der Waals surface area contributed by atoms with Crippen LogP contribution in [0.3, 0.4) is 0 Å². The van der Waals surface area contributed by atoms with Gasteiger partial charge in [-0.05, 0) is 116 Å². The summed E-state index contributed by atoms with van der Waals surface area (Å²) in [5, 5.41) is 49.7. The second kappa shape index (κ2) is 35.4. The van der Waals surface area contributed by atoms with Gasteiger partial charge >= 0.3 is 17.9 Å². The molecular weight excluding hydrogens is 1280 g/mol. The first-order valence-electron chi connectivity index (χ1n) is 29.4. The Morgan fingerprint density at radius 2 is 1.39 bits per heavy atom. The number of carboxylic acid groups (broad SMARTS) is 3. The molecule has 25 nitrogen and oxygen atoms in total. The normalized spacial score (nSPS) is 18.2. The summed E-state index contributed by atoms with van der Waals surface area (Å²) in [6.07, 6.45) is 5.29. The summed E-state index contributed by atoms with van der Waals surface area (Å²) < 4.78 is 35.1. The third-order valence-electron chi connectivity index (χ3n) is 15.4. The first kappa shape index (κ1) is 70.2. The molecule has 4 heterocycles. The van der Waals surface area contributed by atoms with E-state index >= 15 is 0 Å². The predicted octanol–water partition coefficient (Wildman–Crippen LogP) is 2.06. The van der Waals surface area contributed by atoms with Crippen molar-refractivity contribution in [3.05, 3.63) is 69.4 Å². The van der Waals surface area contributed by atoms with Gasteiger partial charge in [-0.3, -0.25) is 67.7 Å². The molecule has 480 valence electrons. The average molecular weight is 1360 g/mol. The number of fused-ring (bicyclic) bond motifs is 1. The molecule has 29 heteroatoms. The van der Waals surface area contributed by atoms with E-state index in [1.807, 2.05) is 24.3 Å². The van der Waals surface area contributed by atoms with Crippen LogP contribution in [0.15, 0.2) is 54.7 Å². The van der Waals surface area contributed by atoms with E-state index in [1.165, 1.54) is 24.0 Å². The lowest BCUT2D eigenvalue weighted by atomic mass is 9.92. The maximum atomic E-state index is 14.1. The minimum Gasteiger partial charge on any atom is -0.494 e. The van der Waals surface area contributed by atoms with Gasteiger partial charge in [0.2, 0.25) is 29.5 Å². The number of rotatable bonds is 29. The number of aliphatic carboxylic acids is 3. The quantitative estimate of drug-likeness (QED) is 0.0386. The van der Waals surface area contributed by atoms with E-state index in [-0.39, 0.29) is 108 Å². The van der Waals surface area contributed by atoms with Gasteiger partial charge in [-0.25, -0.2) is 8.78 Å².